The van der Waals surface area contributed by atoms with Gasteiger partial charge >= 0.3 is 0 Å². The van der Waals surface area contributed by atoms with Crippen LogP contribution in [-0.4, -0.2) is 28.8 Å². The predicted molar refractivity (Wildman–Crippen MR) is 47.7 cm³/mol. The van der Waals surface area contributed by atoms with Crippen molar-refractivity contribution in [1.29, 1.82) is 0 Å². The van der Waals surface area contributed by atoms with E-state index in [1.165, 1.54) is 0 Å². The van der Waals surface area contributed by atoms with Gasteiger partial charge in [-0.1, -0.05) is 0 Å². The van der Waals surface area contributed by atoms with Gasteiger partial charge in [-0.2, -0.15) is 0 Å². The molecule has 3 nitrogen and oxygen atoms in total. The van der Waals surface area contributed by atoms with Crippen LogP contribution in [-0.2, 0) is 10.8 Å². The van der Waals surface area contributed by atoms with Crippen LogP contribution >= 0.6 is 0 Å². The average molecular weight is 176 g/mol. The Hall–Kier alpha value is 0.0700. The van der Waals surface area contributed by atoms with Crippen molar-refractivity contribution in [3.8, 4) is 0 Å². The van der Waals surface area contributed by atoms with Gasteiger partial charge in [0.2, 0.25) is 0 Å². The van der Waals surface area contributed by atoms with Crippen molar-refractivity contribution in [1.82, 2.24) is 0 Å². The maximum atomic E-state index is 11.0. The fourth-order valence-corrected chi connectivity index (χ4v) is 2.90. The third-order valence-corrected chi connectivity index (χ3v) is 3.91. The Kier molecular flexibility index (Phi) is 3.04. The van der Waals surface area contributed by atoms with Crippen LogP contribution < -0.4 is 11.5 Å². The normalized spacial score (nSPS) is 25.3. The molecule has 11 heavy (non-hydrogen) atoms. The number of rotatable bonds is 2. The Morgan fingerprint density at radius 1 is 1.18 bits per heavy atom. The second-order valence-electron chi connectivity index (χ2n) is 3.26. The molecule has 0 saturated carbocycles. The molecule has 0 spiro atoms. The lowest BCUT2D eigenvalue weighted by molar-refractivity contribution is 0.281. The van der Waals surface area contributed by atoms with E-state index in [0.29, 0.717) is 13.1 Å². The minimum atomic E-state index is -0.601. The first-order valence-electron chi connectivity index (χ1n) is 3.97. The molecule has 1 rings (SSSR count). The van der Waals surface area contributed by atoms with Crippen molar-refractivity contribution in [3.63, 3.8) is 0 Å². The molecule has 0 atom stereocenters. The van der Waals surface area contributed by atoms with Crippen LogP contribution in [0.25, 0.3) is 0 Å². The van der Waals surface area contributed by atoms with Crippen molar-refractivity contribution in [2.75, 3.05) is 24.6 Å². The minimum Gasteiger partial charge on any atom is -0.330 e. The molecule has 0 aliphatic carbocycles. The standard InChI is InChI=1S/C7H16N2OS/c8-5-7(6-9)1-3-11(10)4-2-7/h1-6,8-9H2. The molecule has 0 aromatic carbocycles. The summed E-state index contributed by atoms with van der Waals surface area (Å²) in [4.78, 5) is 0. The fourth-order valence-electron chi connectivity index (χ4n) is 1.38. The van der Waals surface area contributed by atoms with Gasteiger partial charge < -0.3 is 11.5 Å². The van der Waals surface area contributed by atoms with Gasteiger partial charge in [-0.25, -0.2) is 0 Å². The SMILES string of the molecule is NCC1(CN)CCS(=O)CC1. The summed E-state index contributed by atoms with van der Waals surface area (Å²) < 4.78 is 11.0. The highest BCUT2D eigenvalue weighted by Gasteiger charge is 2.31. The molecule has 1 fully saturated rings. The van der Waals surface area contributed by atoms with E-state index in [0.717, 1.165) is 24.3 Å². The van der Waals surface area contributed by atoms with Crippen LogP contribution in [0.4, 0.5) is 0 Å². The minimum absolute atomic E-state index is 0.105. The third-order valence-electron chi connectivity index (χ3n) is 2.59. The zero-order valence-electron chi connectivity index (χ0n) is 6.71. The van der Waals surface area contributed by atoms with Crippen molar-refractivity contribution >= 4 is 10.8 Å². The van der Waals surface area contributed by atoms with Crippen molar-refractivity contribution in [2.45, 2.75) is 12.8 Å². The van der Waals surface area contributed by atoms with Crippen LogP contribution in [0.15, 0.2) is 0 Å². The monoisotopic (exact) mass is 176 g/mol. The first-order chi connectivity index (χ1) is 5.22. The van der Waals surface area contributed by atoms with Gasteiger partial charge in [0, 0.05) is 22.3 Å². The Balaban J connectivity index is 2.52. The second-order valence-corrected chi connectivity index (χ2v) is 4.95. The van der Waals surface area contributed by atoms with Crippen molar-refractivity contribution < 1.29 is 4.21 Å². The first kappa shape index (κ1) is 9.16. The molecule has 0 radical (unpaired) electrons. The Bertz CT molecular complexity index is 145. The Morgan fingerprint density at radius 2 is 1.64 bits per heavy atom. The number of hydrogen-bond acceptors (Lipinski definition) is 3. The smallest absolute Gasteiger partial charge is 0.0241 e. The molecule has 0 aromatic heterocycles. The van der Waals surface area contributed by atoms with Gasteiger partial charge in [-0.15, -0.1) is 0 Å². The molecule has 4 heteroatoms. The van der Waals surface area contributed by atoms with Gasteiger partial charge in [0.25, 0.3) is 0 Å². The lowest BCUT2D eigenvalue weighted by atomic mass is 9.82. The summed E-state index contributed by atoms with van der Waals surface area (Å²) in [6, 6.07) is 0. The van der Waals surface area contributed by atoms with Gasteiger partial charge in [-0.3, -0.25) is 4.21 Å². The van der Waals surface area contributed by atoms with Crippen LogP contribution in [0, 0.1) is 5.41 Å². The number of nitrogens with two attached hydrogens (primary N) is 2. The second kappa shape index (κ2) is 3.65. The highest BCUT2D eigenvalue weighted by molar-refractivity contribution is 7.85. The lowest BCUT2D eigenvalue weighted by Gasteiger charge is -2.34. The number of hydrogen-bond donors (Lipinski definition) is 2. The van der Waals surface area contributed by atoms with Crippen molar-refractivity contribution in [3.05, 3.63) is 0 Å². The summed E-state index contributed by atoms with van der Waals surface area (Å²) in [6.07, 6.45) is 1.87. The van der Waals surface area contributed by atoms with Gasteiger partial charge in [0.05, 0.1) is 0 Å². The zero-order valence-corrected chi connectivity index (χ0v) is 7.53. The molecular weight excluding hydrogens is 160 g/mol. The molecule has 0 bridgehead atoms. The van der Waals surface area contributed by atoms with Gasteiger partial charge in [0.15, 0.2) is 0 Å². The molecule has 1 aliphatic heterocycles. The van der Waals surface area contributed by atoms with Gasteiger partial charge in [0.1, 0.15) is 0 Å². The third kappa shape index (κ3) is 2.01. The van der Waals surface area contributed by atoms with E-state index in [4.69, 9.17) is 11.5 Å². The summed E-state index contributed by atoms with van der Waals surface area (Å²) in [5.41, 5.74) is 11.3. The highest BCUT2D eigenvalue weighted by Crippen LogP contribution is 2.28. The van der Waals surface area contributed by atoms with Crippen LogP contribution in [0.5, 0.6) is 0 Å². The van der Waals surface area contributed by atoms with Crippen LogP contribution in [0.1, 0.15) is 12.8 Å². The van der Waals surface area contributed by atoms with Crippen LogP contribution in [0.2, 0.25) is 0 Å². The lowest BCUT2D eigenvalue weighted by Crippen LogP contribution is -2.43. The fraction of sp³-hybridized carbons (Fsp3) is 1.00. The molecule has 66 valence electrons. The zero-order chi connectivity index (χ0) is 8.32. The summed E-state index contributed by atoms with van der Waals surface area (Å²) in [5.74, 6) is 1.57. The Morgan fingerprint density at radius 3 is 2.00 bits per heavy atom. The quantitative estimate of drug-likeness (QED) is 0.592. The average Bonchev–Trinajstić information content (AvgIpc) is 2.07. The molecular formula is C7H16N2OS. The molecule has 1 aliphatic rings. The van der Waals surface area contributed by atoms with E-state index in [2.05, 4.69) is 0 Å². The summed E-state index contributed by atoms with van der Waals surface area (Å²) in [5, 5.41) is 0. The highest BCUT2D eigenvalue weighted by atomic mass is 32.2. The summed E-state index contributed by atoms with van der Waals surface area (Å²) >= 11 is 0. The first-order valence-corrected chi connectivity index (χ1v) is 5.46. The largest absolute Gasteiger partial charge is 0.330 e. The van der Waals surface area contributed by atoms with E-state index >= 15 is 0 Å². The van der Waals surface area contributed by atoms with Crippen molar-refractivity contribution in [2.24, 2.45) is 16.9 Å². The van der Waals surface area contributed by atoms with E-state index in [1.54, 1.807) is 0 Å². The molecule has 0 aromatic rings. The molecule has 4 N–H and O–H groups in total. The maximum Gasteiger partial charge on any atom is 0.0241 e. The summed E-state index contributed by atoms with van der Waals surface area (Å²) in [7, 11) is -0.601. The molecule has 0 unspecified atom stereocenters. The van der Waals surface area contributed by atoms with E-state index in [9.17, 15) is 4.21 Å². The molecule has 1 heterocycles. The predicted octanol–water partition coefficient (Wildman–Crippen LogP) is -0.567. The van der Waals surface area contributed by atoms with Gasteiger partial charge in [-0.05, 0) is 31.3 Å². The maximum absolute atomic E-state index is 11.0. The topological polar surface area (TPSA) is 69.1 Å². The summed E-state index contributed by atoms with van der Waals surface area (Å²) in [6.45, 7) is 1.28. The van der Waals surface area contributed by atoms with E-state index < -0.39 is 10.8 Å². The van der Waals surface area contributed by atoms with E-state index in [-0.39, 0.29) is 5.41 Å². The molecule has 1 saturated heterocycles. The van der Waals surface area contributed by atoms with Crippen LogP contribution in [0.3, 0.4) is 0 Å². The Labute approximate surface area is 70.0 Å². The van der Waals surface area contributed by atoms with E-state index in [1.807, 2.05) is 0 Å². The molecule has 0 amide bonds.